The smallest absolute Gasteiger partial charge is 0.214 e. The van der Waals surface area contributed by atoms with Gasteiger partial charge in [0.25, 0.3) is 0 Å². The van der Waals surface area contributed by atoms with Crippen molar-refractivity contribution in [2.75, 3.05) is 5.75 Å². The van der Waals surface area contributed by atoms with Gasteiger partial charge < -0.3 is 0 Å². The minimum atomic E-state index is 0.0745. The number of hydrogen-bond acceptors (Lipinski definition) is 5. The molecule has 1 atom stereocenters. The molecule has 0 saturated heterocycles. The predicted octanol–water partition coefficient (Wildman–Crippen LogP) is 5.27. The first-order chi connectivity index (χ1) is 13.5. The van der Waals surface area contributed by atoms with Gasteiger partial charge in [0.1, 0.15) is 0 Å². The molecular weight excluding hydrogens is 368 g/mol. The molecule has 0 saturated carbocycles. The maximum Gasteiger partial charge on any atom is 0.214 e. The van der Waals surface area contributed by atoms with E-state index in [1.807, 2.05) is 36.4 Å². The van der Waals surface area contributed by atoms with Gasteiger partial charge in [0, 0.05) is 5.56 Å². The second-order valence-electron chi connectivity index (χ2n) is 7.26. The third-order valence-electron chi connectivity index (χ3n) is 4.99. The summed E-state index contributed by atoms with van der Waals surface area (Å²) in [6, 6.07) is 16.1. The minimum Gasteiger partial charge on any atom is -0.293 e. The highest BCUT2D eigenvalue weighted by Crippen LogP contribution is 2.23. The van der Waals surface area contributed by atoms with Crippen LogP contribution in [0.4, 0.5) is 0 Å². The highest BCUT2D eigenvalue weighted by Gasteiger charge is 2.14. The van der Waals surface area contributed by atoms with E-state index in [9.17, 15) is 4.79 Å². The van der Waals surface area contributed by atoms with E-state index in [2.05, 4.69) is 55.4 Å². The lowest BCUT2D eigenvalue weighted by molar-refractivity contribution is 0.102. The fourth-order valence-corrected chi connectivity index (χ4v) is 3.66. The monoisotopic (exact) mass is 394 g/mol. The molecule has 146 valence electrons. The van der Waals surface area contributed by atoms with Crippen molar-refractivity contribution in [2.24, 2.45) is 0 Å². The average Bonchev–Trinajstić information content (AvgIpc) is 3.20. The van der Waals surface area contributed by atoms with Crippen molar-refractivity contribution < 1.29 is 4.79 Å². The topological polar surface area (TPSA) is 60.7 Å². The normalized spacial score (nSPS) is 12.3. The summed E-state index contributed by atoms with van der Waals surface area (Å²) in [5, 5.41) is 12.5. The van der Waals surface area contributed by atoms with Crippen LogP contribution in [0.1, 0.15) is 67.4 Å². The van der Waals surface area contributed by atoms with E-state index in [0.717, 1.165) is 17.7 Å². The summed E-state index contributed by atoms with van der Waals surface area (Å²) < 4.78 is 1.67. The molecule has 0 N–H and O–H groups in total. The summed E-state index contributed by atoms with van der Waals surface area (Å²) in [5.74, 6) is 1.35. The number of aromatic nitrogens is 4. The molecule has 0 fully saturated rings. The molecule has 0 radical (unpaired) electrons. The van der Waals surface area contributed by atoms with Crippen LogP contribution >= 0.6 is 11.8 Å². The molecule has 0 bridgehead atoms. The molecule has 0 unspecified atom stereocenters. The van der Waals surface area contributed by atoms with Crippen LogP contribution in [0.5, 0.6) is 0 Å². The molecule has 1 heterocycles. The Hall–Kier alpha value is -2.47. The summed E-state index contributed by atoms with van der Waals surface area (Å²) in [6.07, 6.45) is 1.09. The van der Waals surface area contributed by atoms with E-state index < -0.39 is 0 Å². The molecule has 28 heavy (non-hydrogen) atoms. The Morgan fingerprint density at radius 1 is 1.00 bits per heavy atom. The van der Waals surface area contributed by atoms with Crippen molar-refractivity contribution in [1.82, 2.24) is 20.2 Å². The van der Waals surface area contributed by atoms with Crippen molar-refractivity contribution in [2.45, 2.75) is 51.1 Å². The first-order valence-corrected chi connectivity index (χ1v) is 10.6. The predicted molar refractivity (Wildman–Crippen MR) is 113 cm³/mol. The summed E-state index contributed by atoms with van der Waals surface area (Å²) in [5.41, 5.74) is 4.14. The zero-order valence-electron chi connectivity index (χ0n) is 16.8. The maximum absolute atomic E-state index is 12.6. The first-order valence-electron chi connectivity index (χ1n) is 9.64. The Morgan fingerprint density at radius 3 is 2.25 bits per heavy atom. The number of benzene rings is 2. The number of carbonyl (C=O) groups is 1. The lowest BCUT2D eigenvalue weighted by Crippen LogP contribution is -2.05. The third kappa shape index (κ3) is 4.68. The van der Waals surface area contributed by atoms with Gasteiger partial charge in [-0.2, -0.15) is 4.68 Å². The van der Waals surface area contributed by atoms with Crippen LogP contribution in [0.3, 0.4) is 0 Å². The molecule has 2 aromatic carbocycles. The highest BCUT2D eigenvalue weighted by molar-refractivity contribution is 7.99. The largest absolute Gasteiger partial charge is 0.293 e. The fraction of sp³-hybridized carbons (Fsp3) is 0.364. The van der Waals surface area contributed by atoms with Gasteiger partial charge >= 0.3 is 0 Å². The Morgan fingerprint density at radius 2 is 1.64 bits per heavy atom. The van der Waals surface area contributed by atoms with Crippen LogP contribution in [-0.2, 0) is 0 Å². The standard InChI is InChI=1S/C22H26N4OS/c1-5-16(4)18-6-8-19(9-7-18)21(27)14-28-22-23-24-25-26(22)20-12-10-17(11-13-20)15(2)3/h6-13,15-16H,5,14H2,1-4H3/t16-/m1/s1. The van der Waals surface area contributed by atoms with Crippen LogP contribution < -0.4 is 0 Å². The van der Waals surface area contributed by atoms with Gasteiger partial charge in [-0.05, 0) is 51.9 Å². The molecule has 3 rings (SSSR count). The maximum atomic E-state index is 12.6. The van der Waals surface area contributed by atoms with Gasteiger partial charge in [0.05, 0.1) is 11.4 Å². The van der Waals surface area contributed by atoms with Crippen molar-refractivity contribution in [3.05, 3.63) is 65.2 Å². The average molecular weight is 395 g/mol. The van der Waals surface area contributed by atoms with E-state index in [0.29, 0.717) is 22.7 Å². The molecule has 5 nitrogen and oxygen atoms in total. The molecule has 0 spiro atoms. The summed E-state index contributed by atoms with van der Waals surface area (Å²) in [6.45, 7) is 8.68. The van der Waals surface area contributed by atoms with Crippen LogP contribution in [0.2, 0.25) is 0 Å². The Bertz CT molecular complexity index is 916. The number of hydrogen-bond donors (Lipinski definition) is 0. The number of tetrazole rings is 1. The third-order valence-corrected chi connectivity index (χ3v) is 5.91. The zero-order chi connectivity index (χ0) is 20.1. The van der Waals surface area contributed by atoms with Gasteiger partial charge in [-0.3, -0.25) is 4.79 Å². The van der Waals surface area contributed by atoms with E-state index in [4.69, 9.17) is 0 Å². The second kappa shape index (κ2) is 9.15. The Labute approximate surface area is 170 Å². The van der Waals surface area contributed by atoms with Crippen molar-refractivity contribution in [1.29, 1.82) is 0 Å². The van der Waals surface area contributed by atoms with E-state index in [1.54, 1.807) is 4.68 Å². The lowest BCUT2D eigenvalue weighted by atomic mass is 9.97. The molecule has 1 aromatic heterocycles. The van der Waals surface area contributed by atoms with Crippen LogP contribution in [0, 0.1) is 0 Å². The van der Waals surface area contributed by atoms with Crippen LogP contribution in [0.15, 0.2) is 53.7 Å². The summed E-state index contributed by atoms with van der Waals surface area (Å²) in [4.78, 5) is 12.6. The van der Waals surface area contributed by atoms with Gasteiger partial charge in [-0.25, -0.2) is 0 Å². The van der Waals surface area contributed by atoms with E-state index >= 15 is 0 Å². The van der Waals surface area contributed by atoms with Gasteiger partial charge in [-0.1, -0.05) is 75.9 Å². The first kappa shape index (κ1) is 20.3. The minimum absolute atomic E-state index is 0.0745. The molecule has 0 aliphatic heterocycles. The molecular formula is C22H26N4OS. The molecule has 6 heteroatoms. The van der Waals surface area contributed by atoms with Crippen molar-refractivity contribution >= 4 is 17.5 Å². The van der Waals surface area contributed by atoms with Gasteiger partial charge in [-0.15, -0.1) is 5.10 Å². The van der Waals surface area contributed by atoms with Crippen LogP contribution in [0.25, 0.3) is 5.69 Å². The quantitative estimate of drug-likeness (QED) is 0.384. The van der Waals surface area contributed by atoms with Gasteiger partial charge in [0.2, 0.25) is 5.16 Å². The Kier molecular flexibility index (Phi) is 6.62. The molecule has 3 aromatic rings. The van der Waals surface area contributed by atoms with E-state index in [-0.39, 0.29) is 5.78 Å². The lowest BCUT2D eigenvalue weighted by Gasteiger charge is -2.09. The fourth-order valence-electron chi connectivity index (χ4n) is 2.88. The highest BCUT2D eigenvalue weighted by atomic mass is 32.2. The van der Waals surface area contributed by atoms with Crippen LogP contribution in [-0.4, -0.2) is 31.7 Å². The molecule has 0 amide bonds. The zero-order valence-corrected chi connectivity index (χ0v) is 17.6. The number of nitrogens with zero attached hydrogens (tertiary/aromatic N) is 4. The Balaban J connectivity index is 1.67. The number of ketones is 1. The molecule has 0 aliphatic rings. The number of rotatable bonds is 8. The van der Waals surface area contributed by atoms with Crippen molar-refractivity contribution in [3.63, 3.8) is 0 Å². The number of carbonyl (C=O) groups excluding carboxylic acids is 1. The summed E-state index contributed by atoms with van der Waals surface area (Å²) >= 11 is 1.35. The molecule has 0 aliphatic carbocycles. The van der Waals surface area contributed by atoms with Gasteiger partial charge in [0.15, 0.2) is 5.78 Å². The SMILES string of the molecule is CC[C@@H](C)c1ccc(C(=O)CSc2nnnn2-c2ccc(C(C)C)cc2)cc1. The second-order valence-corrected chi connectivity index (χ2v) is 8.21. The summed E-state index contributed by atoms with van der Waals surface area (Å²) in [7, 11) is 0. The van der Waals surface area contributed by atoms with E-state index in [1.165, 1.54) is 22.9 Å². The van der Waals surface area contributed by atoms with Crippen molar-refractivity contribution in [3.8, 4) is 5.69 Å². The number of Topliss-reactive ketones (excluding diaryl/α,β-unsaturated/α-hetero) is 1. The number of thioether (sulfide) groups is 1.